The lowest BCUT2D eigenvalue weighted by Gasteiger charge is -2.07. The first kappa shape index (κ1) is 18.9. The van der Waals surface area contributed by atoms with Gasteiger partial charge in [-0.25, -0.2) is 9.97 Å². The van der Waals surface area contributed by atoms with Gasteiger partial charge in [-0.1, -0.05) is 6.92 Å². The van der Waals surface area contributed by atoms with Gasteiger partial charge in [0.2, 0.25) is 11.8 Å². The second kappa shape index (κ2) is 7.60. The van der Waals surface area contributed by atoms with Crippen LogP contribution < -0.4 is 4.74 Å². The van der Waals surface area contributed by atoms with Gasteiger partial charge >= 0.3 is 0 Å². The normalized spacial score (nSPS) is 11.3. The van der Waals surface area contributed by atoms with E-state index in [2.05, 4.69) is 15.0 Å². The Labute approximate surface area is 178 Å². The number of carbonyl (C=O) groups is 1. The Hall–Kier alpha value is -4.13. The van der Waals surface area contributed by atoms with E-state index in [1.807, 2.05) is 49.4 Å². The van der Waals surface area contributed by atoms with Crippen molar-refractivity contribution in [1.82, 2.24) is 19.5 Å². The quantitative estimate of drug-likeness (QED) is 0.397. The molecule has 7 nitrogen and oxygen atoms in total. The molecule has 2 aromatic carbocycles. The summed E-state index contributed by atoms with van der Waals surface area (Å²) in [5.41, 5.74) is 3.28. The number of phenols is 1. The van der Waals surface area contributed by atoms with Crippen molar-refractivity contribution in [1.29, 1.82) is 0 Å². The van der Waals surface area contributed by atoms with Crippen LogP contribution in [0.2, 0.25) is 0 Å². The first-order valence-electron chi connectivity index (χ1n) is 10.1. The molecule has 0 unspecified atom stereocenters. The molecule has 3 heterocycles. The van der Waals surface area contributed by atoms with Crippen molar-refractivity contribution in [3.05, 3.63) is 67.1 Å². The second-order valence-electron chi connectivity index (χ2n) is 7.32. The molecule has 3 aromatic heterocycles. The molecule has 0 atom stereocenters. The molecule has 154 valence electrons. The smallest absolute Gasteiger partial charge is 0.231 e. The lowest BCUT2D eigenvalue weighted by molar-refractivity contribution is 0.0907. The summed E-state index contributed by atoms with van der Waals surface area (Å²) in [6.07, 6.45) is 4.57. The number of H-pyrrole nitrogens is 1. The average Bonchev–Trinajstić information content (AvgIpc) is 3.39. The van der Waals surface area contributed by atoms with Crippen LogP contribution >= 0.6 is 0 Å². The molecule has 0 aliphatic carbocycles. The van der Waals surface area contributed by atoms with Crippen LogP contribution in [-0.4, -0.2) is 30.5 Å². The minimum absolute atomic E-state index is 0.0813. The average molecular weight is 412 g/mol. The number of hydrogen-bond donors (Lipinski definition) is 2. The van der Waals surface area contributed by atoms with Crippen LogP contribution in [0, 0.1) is 0 Å². The maximum Gasteiger partial charge on any atom is 0.231 e. The number of aromatic hydroxyl groups is 1. The minimum atomic E-state index is 0.0813. The molecule has 7 heteroatoms. The van der Waals surface area contributed by atoms with Gasteiger partial charge < -0.3 is 14.8 Å². The van der Waals surface area contributed by atoms with Gasteiger partial charge in [0.05, 0.1) is 10.9 Å². The minimum Gasteiger partial charge on any atom is -0.508 e. The zero-order valence-corrected chi connectivity index (χ0v) is 16.9. The molecule has 0 saturated carbocycles. The Morgan fingerprint density at radius 1 is 1.10 bits per heavy atom. The second-order valence-corrected chi connectivity index (χ2v) is 7.32. The monoisotopic (exact) mass is 412 g/mol. The predicted molar refractivity (Wildman–Crippen MR) is 119 cm³/mol. The highest BCUT2D eigenvalue weighted by molar-refractivity contribution is 5.93. The first-order valence-corrected chi connectivity index (χ1v) is 10.1. The fraction of sp³-hybridized carbons (Fsp3) is 0.125. The van der Waals surface area contributed by atoms with Crippen LogP contribution in [0.25, 0.3) is 33.2 Å². The lowest BCUT2D eigenvalue weighted by Crippen LogP contribution is -2.07. The van der Waals surface area contributed by atoms with Crippen LogP contribution in [0.5, 0.6) is 17.4 Å². The van der Waals surface area contributed by atoms with Crippen LogP contribution in [0.4, 0.5) is 0 Å². The van der Waals surface area contributed by atoms with E-state index in [-0.39, 0.29) is 11.7 Å². The van der Waals surface area contributed by atoms with Gasteiger partial charge in [0, 0.05) is 23.7 Å². The summed E-state index contributed by atoms with van der Waals surface area (Å²) < 4.78 is 7.76. The number of aromatic nitrogens is 4. The van der Waals surface area contributed by atoms with E-state index in [1.54, 1.807) is 22.9 Å². The van der Waals surface area contributed by atoms with Gasteiger partial charge in [-0.15, -0.1) is 0 Å². The first-order chi connectivity index (χ1) is 15.1. The van der Waals surface area contributed by atoms with Crippen molar-refractivity contribution >= 4 is 27.8 Å². The van der Waals surface area contributed by atoms with Crippen LogP contribution in [0.15, 0.2) is 67.1 Å². The van der Waals surface area contributed by atoms with E-state index in [0.717, 1.165) is 34.0 Å². The van der Waals surface area contributed by atoms with Crippen molar-refractivity contribution in [2.75, 3.05) is 0 Å². The lowest BCUT2D eigenvalue weighted by atomic mass is 10.1. The highest BCUT2D eigenvalue weighted by Gasteiger charge is 2.13. The van der Waals surface area contributed by atoms with Crippen LogP contribution in [0.3, 0.4) is 0 Å². The molecule has 5 aromatic rings. The molecule has 0 saturated heterocycles. The van der Waals surface area contributed by atoms with Gasteiger partial charge in [0.1, 0.15) is 23.5 Å². The summed E-state index contributed by atoms with van der Waals surface area (Å²) in [5.74, 6) is 1.36. The number of hydrogen-bond acceptors (Lipinski definition) is 5. The topological polar surface area (TPSA) is 93.0 Å². The van der Waals surface area contributed by atoms with E-state index < -0.39 is 0 Å². The van der Waals surface area contributed by atoms with Gasteiger partial charge in [-0.05, 0) is 66.6 Å². The number of rotatable bonds is 5. The predicted octanol–water partition coefficient (Wildman–Crippen LogP) is 5.52. The summed E-state index contributed by atoms with van der Waals surface area (Å²) in [6, 6.07) is 16.4. The van der Waals surface area contributed by atoms with Crippen molar-refractivity contribution in [3.63, 3.8) is 0 Å². The Balaban J connectivity index is 1.48. The molecular formula is C24H20N4O3. The maximum absolute atomic E-state index is 12.3. The zero-order chi connectivity index (χ0) is 21.4. The van der Waals surface area contributed by atoms with Crippen molar-refractivity contribution < 1.29 is 14.6 Å². The molecule has 0 fully saturated rings. The molecule has 0 aliphatic heterocycles. The fourth-order valence-electron chi connectivity index (χ4n) is 3.64. The number of nitrogens with one attached hydrogen (secondary N) is 1. The van der Waals surface area contributed by atoms with Crippen molar-refractivity contribution in [2.45, 2.75) is 19.8 Å². The SMILES string of the molecule is CCCC(=O)n1ccc2cc(Oc3ncnc4[nH]c(-c5ccc(O)cc5)cc34)ccc21. The molecule has 0 spiro atoms. The summed E-state index contributed by atoms with van der Waals surface area (Å²) >= 11 is 0. The molecule has 0 bridgehead atoms. The standard InChI is InChI=1S/C24H20N4O3/c1-2-3-22(30)28-11-10-16-12-18(8-9-21(16)28)31-24-19-13-20(27-23(19)25-14-26-24)15-4-6-17(29)7-5-15/h4-14,29H,2-3H2,1H3,(H,25,26,27). The van der Waals surface area contributed by atoms with Crippen molar-refractivity contribution in [3.8, 4) is 28.6 Å². The fourth-order valence-corrected chi connectivity index (χ4v) is 3.64. The zero-order valence-electron chi connectivity index (χ0n) is 16.9. The van der Waals surface area contributed by atoms with E-state index in [1.165, 1.54) is 6.33 Å². The molecule has 2 N–H and O–H groups in total. The van der Waals surface area contributed by atoms with Crippen molar-refractivity contribution in [2.24, 2.45) is 0 Å². The maximum atomic E-state index is 12.3. The summed E-state index contributed by atoms with van der Waals surface area (Å²) in [5, 5.41) is 11.2. The van der Waals surface area contributed by atoms with Gasteiger partial charge in [0.15, 0.2) is 0 Å². The van der Waals surface area contributed by atoms with E-state index >= 15 is 0 Å². The molecular weight excluding hydrogens is 392 g/mol. The number of aromatic amines is 1. The summed E-state index contributed by atoms with van der Waals surface area (Å²) in [4.78, 5) is 24.1. The van der Waals surface area contributed by atoms with Crippen LogP contribution in [0.1, 0.15) is 24.6 Å². The highest BCUT2D eigenvalue weighted by atomic mass is 16.5. The van der Waals surface area contributed by atoms with Gasteiger partial charge in [-0.3, -0.25) is 9.36 Å². The molecule has 0 aliphatic rings. The summed E-state index contributed by atoms with van der Waals surface area (Å²) in [7, 11) is 0. The summed E-state index contributed by atoms with van der Waals surface area (Å²) in [6.45, 7) is 1.99. The third kappa shape index (κ3) is 3.50. The number of nitrogens with zero attached hydrogens (tertiary/aromatic N) is 3. The van der Waals surface area contributed by atoms with E-state index in [9.17, 15) is 9.90 Å². The number of benzene rings is 2. The Kier molecular flexibility index (Phi) is 4.63. The largest absolute Gasteiger partial charge is 0.508 e. The Morgan fingerprint density at radius 2 is 1.94 bits per heavy atom. The molecule has 31 heavy (non-hydrogen) atoms. The van der Waals surface area contributed by atoms with Crippen LogP contribution in [-0.2, 0) is 0 Å². The van der Waals surface area contributed by atoms with E-state index in [0.29, 0.717) is 23.7 Å². The number of ether oxygens (including phenoxy) is 1. The van der Waals surface area contributed by atoms with Gasteiger partial charge in [-0.2, -0.15) is 0 Å². The Bertz CT molecular complexity index is 1400. The number of phenolic OH excluding ortho intramolecular Hbond substituents is 1. The Morgan fingerprint density at radius 3 is 2.74 bits per heavy atom. The molecule has 0 radical (unpaired) electrons. The third-order valence-electron chi connectivity index (χ3n) is 5.18. The molecule has 0 amide bonds. The highest BCUT2D eigenvalue weighted by Crippen LogP contribution is 2.32. The number of fused-ring (bicyclic) bond motifs is 2. The third-order valence-corrected chi connectivity index (χ3v) is 5.18. The van der Waals surface area contributed by atoms with E-state index in [4.69, 9.17) is 4.74 Å². The molecule has 5 rings (SSSR count). The number of carbonyl (C=O) groups excluding carboxylic acids is 1. The van der Waals surface area contributed by atoms with Gasteiger partial charge in [0.25, 0.3) is 0 Å².